The molecule has 0 nitrogen and oxygen atoms in total. The molecule has 0 N–H and O–H groups in total. The van der Waals surface area contributed by atoms with Crippen molar-refractivity contribution in [3.63, 3.8) is 0 Å². The topological polar surface area (TPSA) is 0 Å². The van der Waals surface area contributed by atoms with E-state index in [0.717, 1.165) is 0 Å². The van der Waals surface area contributed by atoms with Gasteiger partial charge in [-0.3, -0.25) is 0 Å². The summed E-state index contributed by atoms with van der Waals surface area (Å²) in [6, 6.07) is 84.9. The van der Waals surface area contributed by atoms with Crippen LogP contribution in [-0.2, 0) is 0 Å². The van der Waals surface area contributed by atoms with Crippen molar-refractivity contribution in [2.75, 3.05) is 0 Å². The van der Waals surface area contributed by atoms with Crippen LogP contribution in [-0.4, -0.2) is 0 Å². The van der Waals surface area contributed by atoms with E-state index in [2.05, 4.69) is 231 Å². The Kier molecular flexibility index (Phi) is 8.26. The SMILES string of the molecule is c1ccc(-c2c(-c3ccccc3)c(-c3ccccc3)c3c(-c4ccccc4)c4cc5cc6ccccc6cc5cc4c(-c4ccccc4)c3c2-c2ccccc2)cc1. The van der Waals surface area contributed by atoms with Gasteiger partial charge in [0.1, 0.15) is 0 Å². The molecule has 270 valence electrons. The average molecular weight is 735 g/mol. The summed E-state index contributed by atoms with van der Waals surface area (Å²) in [7, 11) is 0. The minimum Gasteiger partial charge on any atom is -0.0622 e. The summed E-state index contributed by atoms with van der Waals surface area (Å²) in [6.45, 7) is 0. The summed E-state index contributed by atoms with van der Waals surface area (Å²) >= 11 is 0. The van der Waals surface area contributed by atoms with Gasteiger partial charge in [-0.2, -0.15) is 0 Å². The van der Waals surface area contributed by atoms with Gasteiger partial charge in [0.2, 0.25) is 0 Å². The van der Waals surface area contributed by atoms with Crippen LogP contribution in [0.1, 0.15) is 0 Å². The van der Waals surface area contributed by atoms with Gasteiger partial charge in [-0.15, -0.1) is 0 Å². The predicted octanol–water partition coefficient (Wildman–Crippen LogP) is 16.3. The average Bonchev–Trinajstić information content (AvgIpc) is 3.30. The molecule has 11 aromatic rings. The molecule has 0 aromatic heterocycles. The van der Waals surface area contributed by atoms with Crippen LogP contribution in [0.3, 0.4) is 0 Å². The van der Waals surface area contributed by atoms with Crippen LogP contribution in [0.25, 0.3) is 110 Å². The van der Waals surface area contributed by atoms with E-state index in [1.54, 1.807) is 0 Å². The van der Waals surface area contributed by atoms with Crippen LogP contribution in [0.2, 0.25) is 0 Å². The maximum atomic E-state index is 2.47. The summed E-state index contributed by atoms with van der Waals surface area (Å²) in [4.78, 5) is 0. The van der Waals surface area contributed by atoms with Crippen molar-refractivity contribution in [3.8, 4) is 66.8 Å². The summed E-state index contributed by atoms with van der Waals surface area (Å²) < 4.78 is 0. The molecule has 0 heterocycles. The molecule has 0 bridgehead atoms. The second kappa shape index (κ2) is 14.2. The Labute approximate surface area is 339 Å². The second-order valence-electron chi connectivity index (χ2n) is 15.1. The summed E-state index contributed by atoms with van der Waals surface area (Å²) in [5, 5.41) is 9.93. The monoisotopic (exact) mass is 734 g/mol. The van der Waals surface area contributed by atoms with Crippen LogP contribution in [0.5, 0.6) is 0 Å². The van der Waals surface area contributed by atoms with Crippen molar-refractivity contribution in [3.05, 3.63) is 231 Å². The second-order valence-corrected chi connectivity index (χ2v) is 15.1. The van der Waals surface area contributed by atoms with E-state index in [4.69, 9.17) is 0 Å². The molecule has 0 aliphatic rings. The summed E-state index contributed by atoms with van der Waals surface area (Å²) in [5.41, 5.74) is 14.5. The molecule has 11 rings (SSSR count). The third kappa shape index (κ3) is 5.61. The minimum atomic E-state index is 1.18. The van der Waals surface area contributed by atoms with Gasteiger partial charge in [0, 0.05) is 0 Å². The molecule has 0 heteroatoms. The zero-order chi connectivity index (χ0) is 38.4. The molecule has 0 unspecified atom stereocenters. The van der Waals surface area contributed by atoms with E-state index >= 15 is 0 Å². The minimum absolute atomic E-state index is 1.18. The van der Waals surface area contributed by atoms with Crippen LogP contribution in [0, 0.1) is 0 Å². The fraction of sp³-hybridized carbons (Fsp3) is 0. The first kappa shape index (κ1) is 33.8. The molecular weight excluding hydrogens is 697 g/mol. The number of hydrogen-bond acceptors (Lipinski definition) is 0. The molecule has 0 radical (unpaired) electrons. The highest BCUT2D eigenvalue weighted by atomic mass is 14.3. The van der Waals surface area contributed by atoms with Crippen LogP contribution < -0.4 is 0 Å². The van der Waals surface area contributed by atoms with Gasteiger partial charge in [0.25, 0.3) is 0 Å². The van der Waals surface area contributed by atoms with Crippen molar-refractivity contribution in [1.29, 1.82) is 0 Å². The van der Waals surface area contributed by atoms with Crippen molar-refractivity contribution in [2.24, 2.45) is 0 Å². The molecule has 11 aromatic carbocycles. The number of fused-ring (bicyclic) bond motifs is 4. The standard InChI is InChI=1S/C58H38/c1-7-21-39(22-8-1)51-49-37-47-35-45-33-19-20-34-46(45)36-48(47)38-50(49)52(40-23-9-2-10-24-40)58-56(44-31-17-6-18-32-44)54(42-27-13-4-14-28-42)53(41-25-11-3-12-26-41)55(57(51)58)43-29-15-5-16-30-43/h1-38H. The van der Waals surface area contributed by atoms with Gasteiger partial charge in [-0.05, 0) is 134 Å². The van der Waals surface area contributed by atoms with Crippen molar-refractivity contribution in [2.45, 2.75) is 0 Å². The quantitative estimate of drug-likeness (QED) is 0.149. The highest BCUT2D eigenvalue weighted by molar-refractivity contribution is 6.33. The Morgan fingerprint density at radius 2 is 0.414 bits per heavy atom. The fourth-order valence-electron chi connectivity index (χ4n) is 9.31. The first-order valence-electron chi connectivity index (χ1n) is 20.1. The van der Waals surface area contributed by atoms with Crippen LogP contribution in [0.15, 0.2) is 231 Å². The maximum Gasteiger partial charge on any atom is -0.000116 e. The molecule has 0 fully saturated rings. The van der Waals surface area contributed by atoms with Gasteiger partial charge in [-0.1, -0.05) is 206 Å². The molecule has 0 amide bonds. The smallest absolute Gasteiger partial charge is 0.000116 e. The highest BCUT2D eigenvalue weighted by Crippen LogP contribution is 2.57. The number of benzene rings is 11. The Bertz CT molecular complexity index is 3040. The summed E-state index contributed by atoms with van der Waals surface area (Å²) in [5.74, 6) is 0. The largest absolute Gasteiger partial charge is 0.0622 e. The van der Waals surface area contributed by atoms with Gasteiger partial charge in [-0.25, -0.2) is 0 Å². The third-order valence-corrected chi connectivity index (χ3v) is 11.8. The van der Waals surface area contributed by atoms with Gasteiger partial charge >= 0.3 is 0 Å². The molecule has 0 aliphatic carbocycles. The van der Waals surface area contributed by atoms with Crippen molar-refractivity contribution >= 4 is 43.1 Å². The zero-order valence-corrected chi connectivity index (χ0v) is 31.9. The molecule has 58 heavy (non-hydrogen) atoms. The van der Waals surface area contributed by atoms with E-state index < -0.39 is 0 Å². The van der Waals surface area contributed by atoms with Gasteiger partial charge < -0.3 is 0 Å². The van der Waals surface area contributed by atoms with Gasteiger partial charge in [0.05, 0.1) is 0 Å². The normalized spacial score (nSPS) is 11.4. The molecule has 0 saturated heterocycles. The molecule has 0 atom stereocenters. The van der Waals surface area contributed by atoms with Crippen LogP contribution in [0.4, 0.5) is 0 Å². The first-order chi connectivity index (χ1) is 28.8. The molecular formula is C58H38. The lowest BCUT2D eigenvalue weighted by atomic mass is 9.73. The molecule has 0 spiro atoms. The summed E-state index contributed by atoms with van der Waals surface area (Å²) in [6.07, 6.45) is 0. The molecule has 0 aliphatic heterocycles. The zero-order valence-electron chi connectivity index (χ0n) is 31.9. The highest BCUT2D eigenvalue weighted by Gasteiger charge is 2.30. The Morgan fingerprint density at radius 3 is 0.707 bits per heavy atom. The predicted molar refractivity (Wildman–Crippen MR) is 249 cm³/mol. The number of hydrogen-bond donors (Lipinski definition) is 0. The molecule has 0 saturated carbocycles. The lowest BCUT2D eigenvalue weighted by Gasteiger charge is -2.29. The Balaban J connectivity index is 1.52. The Hall–Kier alpha value is -7.54. The van der Waals surface area contributed by atoms with Crippen molar-refractivity contribution in [1.82, 2.24) is 0 Å². The first-order valence-corrected chi connectivity index (χ1v) is 20.1. The van der Waals surface area contributed by atoms with Crippen LogP contribution >= 0.6 is 0 Å². The number of rotatable bonds is 6. The fourth-order valence-corrected chi connectivity index (χ4v) is 9.31. The van der Waals surface area contributed by atoms with E-state index in [9.17, 15) is 0 Å². The van der Waals surface area contributed by atoms with Gasteiger partial charge in [0.15, 0.2) is 0 Å². The van der Waals surface area contributed by atoms with E-state index in [0.29, 0.717) is 0 Å². The lowest BCUT2D eigenvalue weighted by Crippen LogP contribution is -2.01. The Morgan fingerprint density at radius 1 is 0.172 bits per heavy atom. The van der Waals surface area contributed by atoms with Crippen molar-refractivity contribution < 1.29 is 0 Å². The van der Waals surface area contributed by atoms with E-state index in [-0.39, 0.29) is 0 Å². The van der Waals surface area contributed by atoms with E-state index in [1.807, 2.05) is 0 Å². The maximum absolute atomic E-state index is 2.47. The lowest BCUT2D eigenvalue weighted by molar-refractivity contribution is 1.56. The third-order valence-electron chi connectivity index (χ3n) is 11.8. The van der Waals surface area contributed by atoms with E-state index in [1.165, 1.54) is 110 Å².